The van der Waals surface area contributed by atoms with E-state index in [0.717, 1.165) is 21.2 Å². The summed E-state index contributed by atoms with van der Waals surface area (Å²) in [5, 5.41) is 6.99. The van der Waals surface area contributed by atoms with E-state index in [1.807, 2.05) is 36.4 Å². The molecule has 0 atom stereocenters. The zero-order chi connectivity index (χ0) is 16.9. The summed E-state index contributed by atoms with van der Waals surface area (Å²) < 4.78 is 5.16. The van der Waals surface area contributed by atoms with E-state index in [1.165, 1.54) is 11.3 Å². The molecular weight excluding hydrogens is 344 g/mol. The lowest BCUT2D eigenvalue weighted by Gasteiger charge is -2.06. The Bertz CT molecular complexity index is 829. The second-order valence-electron chi connectivity index (χ2n) is 4.98. The predicted octanol–water partition coefficient (Wildman–Crippen LogP) is 5.72. The third-order valence-corrected chi connectivity index (χ3v) is 4.62. The van der Waals surface area contributed by atoms with Gasteiger partial charge in [0.1, 0.15) is 5.75 Å². The number of ether oxygens (including phenoxy) is 1. The van der Waals surface area contributed by atoms with Gasteiger partial charge in [-0.1, -0.05) is 11.6 Å². The van der Waals surface area contributed by atoms with Crippen molar-refractivity contribution >= 4 is 39.7 Å². The minimum Gasteiger partial charge on any atom is -0.497 e. The van der Waals surface area contributed by atoms with Crippen LogP contribution in [0.15, 0.2) is 60.7 Å². The highest BCUT2D eigenvalue weighted by molar-refractivity contribution is 7.19. The molecule has 0 unspecified atom stereocenters. The van der Waals surface area contributed by atoms with Crippen LogP contribution in [0.5, 0.6) is 5.75 Å². The molecule has 6 heteroatoms. The number of carbonyl (C=O) groups excluding carboxylic acids is 1. The van der Waals surface area contributed by atoms with Crippen LogP contribution >= 0.6 is 22.9 Å². The largest absolute Gasteiger partial charge is 0.497 e. The van der Waals surface area contributed by atoms with E-state index >= 15 is 0 Å². The van der Waals surface area contributed by atoms with Gasteiger partial charge in [0.2, 0.25) is 0 Å². The number of benzene rings is 2. The molecule has 2 aromatic carbocycles. The normalized spacial score (nSPS) is 10.2. The number of nitrogens with one attached hydrogen (secondary N) is 2. The molecule has 0 aliphatic rings. The Balaban J connectivity index is 1.64. The van der Waals surface area contributed by atoms with Gasteiger partial charge in [-0.05, 0) is 66.2 Å². The number of methoxy groups -OCH3 is 1. The van der Waals surface area contributed by atoms with E-state index in [1.54, 1.807) is 31.4 Å². The molecule has 0 saturated heterocycles. The molecule has 2 amide bonds. The fourth-order valence-corrected chi connectivity index (χ4v) is 3.16. The van der Waals surface area contributed by atoms with E-state index in [4.69, 9.17) is 16.3 Å². The van der Waals surface area contributed by atoms with Gasteiger partial charge >= 0.3 is 6.03 Å². The summed E-state index contributed by atoms with van der Waals surface area (Å²) in [6.45, 7) is 0. The van der Waals surface area contributed by atoms with E-state index in [2.05, 4.69) is 10.6 Å². The van der Waals surface area contributed by atoms with E-state index in [-0.39, 0.29) is 6.03 Å². The summed E-state index contributed by atoms with van der Waals surface area (Å²) in [4.78, 5) is 13.1. The third kappa shape index (κ3) is 4.07. The van der Waals surface area contributed by atoms with E-state index in [9.17, 15) is 4.79 Å². The number of hydrogen-bond donors (Lipinski definition) is 2. The van der Waals surface area contributed by atoms with Crippen LogP contribution in [0.3, 0.4) is 0 Å². The molecule has 0 saturated carbocycles. The van der Waals surface area contributed by atoms with Crippen molar-refractivity contribution in [3.63, 3.8) is 0 Å². The van der Waals surface area contributed by atoms with Crippen LogP contribution in [0.25, 0.3) is 10.4 Å². The summed E-state index contributed by atoms with van der Waals surface area (Å²) in [6, 6.07) is 18.3. The predicted molar refractivity (Wildman–Crippen MR) is 100 cm³/mol. The topological polar surface area (TPSA) is 50.4 Å². The molecule has 3 aromatic rings. The van der Waals surface area contributed by atoms with Gasteiger partial charge in [0.05, 0.1) is 12.1 Å². The molecule has 3 rings (SSSR count). The minimum absolute atomic E-state index is 0.291. The molecule has 2 N–H and O–H groups in total. The zero-order valence-electron chi connectivity index (χ0n) is 12.9. The molecule has 0 aliphatic heterocycles. The van der Waals surface area contributed by atoms with Crippen molar-refractivity contribution in [3.8, 4) is 16.2 Å². The van der Waals surface area contributed by atoms with Crippen LogP contribution in [0, 0.1) is 0 Å². The molecule has 0 aliphatic carbocycles. The van der Waals surface area contributed by atoms with Gasteiger partial charge in [-0.15, -0.1) is 11.3 Å². The Kier molecular flexibility index (Phi) is 5.03. The molecule has 1 aromatic heterocycles. The summed E-state index contributed by atoms with van der Waals surface area (Å²) in [7, 11) is 1.64. The number of amides is 2. The first kappa shape index (κ1) is 16.4. The average Bonchev–Trinajstić information content (AvgIpc) is 3.05. The Morgan fingerprint density at radius 3 is 2.33 bits per heavy atom. The van der Waals surface area contributed by atoms with Crippen LogP contribution in [-0.2, 0) is 0 Å². The van der Waals surface area contributed by atoms with Crippen molar-refractivity contribution in [1.29, 1.82) is 0 Å². The highest BCUT2D eigenvalue weighted by Gasteiger charge is 2.07. The first-order chi connectivity index (χ1) is 11.6. The smallest absolute Gasteiger partial charge is 0.324 e. The lowest BCUT2D eigenvalue weighted by molar-refractivity contribution is 0.262. The van der Waals surface area contributed by atoms with Crippen LogP contribution in [0.2, 0.25) is 5.02 Å². The SMILES string of the molecule is COc1ccc(-c2ccc(NC(=O)Nc3ccc(Cl)cc3)s2)cc1. The van der Waals surface area contributed by atoms with Crippen LogP contribution < -0.4 is 15.4 Å². The standard InChI is InChI=1S/C18H15ClN2O2S/c1-23-15-8-2-12(3-9-15)16-10-11-17(24-16)21-18(22)20-14-6-4-13(19)5-7-14/h2-11H,1H3,(H2,20,21,22). The minimum atomic E-state index is -0.291. The number of anilines is 2. The van der Waals surface area contributed by atoms with E-state index < -0.39 is 0 Å². The Hall–Kier alpha value is -2.50. The Morgan fingerprint density at radius 1 is 0.958 bits per heavy atom. The lowest BCUT2D eigenvalue weighted by atomic mass is 10.2. The van der Waals surface area contributed by atoms with Crippen LogP contribution in [0.1, 0.15) is 0 Å². The van der Waals surface area contributed by atoms with Gasteiger partial charge in [0.25, 0.3) is 0 Å². The van der Waals surface area contributed by atoms with Crippen LogP contribution in [0.4, 0.5) is 15.5 Å². The summed E-state index contributed by atoms with van der Waals surface area (Å²) in [5.41, 5.74) is 1.76. The summed E-state index contributed by atoms with van der Waals surface area (Å²) in [6.07, 6.45) is 0. The number of urea groups is 1. The monoisotopic (exact) mass is 358 g/mol. The third-order valence-electron chi connectivity index (χ3n) is 3.32. The number of carbonyl (C=O) groups is 1. The van der Waals surface area contributed by atoms with Gasteiger partial charge in [0.15, 0.2) is 0 Å². The highest BCUT2D eigenvalue weighted by atomic mass is 35.5. The molecule has 4 nitrogen and oxygen atoms in total. The molecule has 0 bridgehead atoms. The lowest BCUT2D eigenvalue weighted by Crippen LogP contribution is -2.18. The Morgan fingerprint density at radius 2 is 1.67 bits per heavy atom. The second-order valence-corrected chi connectivity index (χ2v) is 6.50. The number of hydrogen-bond acceptors (Lipinski definition) is 3. The summed E-state index contributed by atoms with van der Waals surface area (Å²) >= 11 is 7.33. The van der Waals surface area contributed by atoms with Crippen molar-refractivity contribution in [3.05, 3.63) is 65.7 Å². The van der Waals surface area contributed by atoms with Crippen LogP contribution in [-0.4, -0.2) is 13.1 Å². The first-order valence-electron chi connectivity index (χ1n) is 7.22. The van der Waals surface area contributed by atoms with Crippen molar-refractivity contribution < 1.29 is 9.53 Å². The molecule has 24 heavy (non-hydrogen) atoms. The van der Waals surface area contributed by atoms with Crippen molar-refractivity contribution in [2.45, 2.75) is 0 Å². The molecule has 122 valence electrons. The quantitative estimate of drug-likeness (QED) is 0.626. The number of rotatable bonds is 4. The summed E-state index contributed by atoms with van der Waals surface area (Å²) in [5.74, 6) is 0.816. The van der Waals surface area contributed by atoms with Gasteiger partial charge in [0, 0.05) is 15.6 Å². The number of thiophene rings is 1. The fourth-order valence-electron chi connectivity index (χ4n) is 2.12. The van der Waals surface area contributed by atoms with Crippen molar-refractivity contribution in [2.75, 3.05) is 17.7 Å². The Labute approximate surface area is 149 Å². The molecule has 0 radical (unpaired) electrons. The maximum Gasteiger partial charge on any atom is 0.324 e. The molecular formula is C18H15ClN2O2S. The molecule has 0 spiro atoms. The molecule has 1 heterocycles. The maximum absolute atomic E-state index is 12.0. The first-order valence-corrected chi connectivity index (χ1v) is 8.41. The molecule has 0 fully saturated rings. The van der Waals surface area contributed by atoms with Gasteiger partial charge < -0.3 is 10.1 Å². The zero-order valence-corrected chi connectivity index (χ0v) is 14.4. The van der Waals surface area contributed by atoms with Gasteiger partial charge in [-0.3, -0.25) is 5.32 Å². The van der Waals surface area contributed by atoms with Crippen molar-refractivity contribution in [1.82, 2.24) is 0 Å². The fraction of sp³-hybridized carbons (Fsp3) is 0.0556. The second kappa shape index (κ2) is 7.38. The van der Waals surface area contributed by atoms with E-state index in [0.29, 0.717) is 10.7 Å². The average molecular weight is 359 g/mol. The number of halogens is 1. The van der Waals surface area contributed by atoms with Gasteiger partial charge in [-0.2, -0.15) is 0 Å². The highest BCUT2D eigenvalue weighted by Crippen LogP contribution is 2.32. The maximum atomic E-state index is 12.0. The van der Waals surface area contributed by atoms with Gasteiger partial charge in [-0.25, -0.2) is 4.79 Å². The van der Waals surface area contributed by atoms with Crippen molar-refractivity contribution in [2.24, 2.45) is 0 Å².